The van der Waals surface area contributed by atoms with Crippen LogP contribution in [0, 0.1) is 0 Å². The zero-order valence-corrected chi connectivity index (χ0v) is 12.9. The number of halogens is 1. The molecule has 0 aliphatic carbocycles. The predicted octanol–water partition coefficient (Wildman–Crippen LogP) is 3.91. The summed E-state index contributed by atoms with van der Waals surface area (Å²) in [6.45, 7) is 6.37. The van der Waals surface area contributed by atoms with Crippen molar-refractivity contribution in [3.05, 3.63) is 51.8 Å². The summed E-state index contributed by atoms with van der Waals surface area (Å²) in [4.78, 5) is 11.8. The van der Waals surface area contributed by atoms with Gasteiger partial charge in [0, 0.05) is 10.7 Å². The van der Waals surface area contributed by atoms with Gasteiger partial charge in [0.15, 0.2) is 5.78 Å². The molecule has 4 heteroatoms. The predicted molar refractivity (Wildman–Crippen MR) is 81.5 cm³/mol. The summed E-state index contributed by atoms with van der Waals surface area (Å²) in [7, 11) is 0. The normalized spacial score (nSPS) is 10.8. The van der Waals surface area contributed by atoms with Gasteiger partial charge in [0.25, 0.3) is 0 Å². The molecule has 1 aromatic heterocycles. The molecule has 0 unspecified atom stereocenters. The summed E-state index contributed by atoms with van der Waals surface area (Å²) >= 11 is 5.90. The van der Waals surface area contributed by atoms with Gasteiger partial charge in [0.1, 0.15) is 0 Å². The van der Waals surface area contributed by atoms with Gasteiger partial charge >= 0.3 is 0 Å². The molecule has 0 spiro atoms. The molecule has 2 rings (SSSR count). The lowest BCUT2D eigenvalue weighted by Crippen LogP contribution is -2.07. The minimum atomic E-state index is 0.0982. The van der Waals surface area contributed by atoms with E-state index in [9.17, 15) is 4.79 Å². The summed E-state index contributed by atoms with van der Waals surface area (Å²) in [6, 6.07) is 7.72. The van der Waals surface area contributed by atoms with E-state index in [2.05, 4.69) is 12.0 Å². The van der Waals surface area contributed by atoms with Gasteiger partial charge in [0.05, 0.1) is 17.8 Å². The van der Waals surface area contributed by atoms with Crippen LogP contribution in [-0.2, 0) is 19.4 Å². The highest BCUT2D eigenvalue weighted by molar-refractivity contribution is 6.30. The molecule has 0 fully saturated rings. The molecule has 20 heavy (non-hydrogen) atoms. The molecule has 0 amide bonds. The second-order valence-electron chi connectivity index (χ2n) is 4.82. The second-order valence-corrected chi connectivity index (χ2v) is 5.25. The quantitative estimate of drug-likeness (QED) is 0.783. The third-order valence-electron chi connectivity index (χ3n) is 3.40. The molecule has 106 valence electrons. The van der Waals surface area contributed by atoms with Crippen LogP contribution in [0.5, 0.6) is 0 Å². The van der Waals surface area contributed by atoms with Gasteiger partial charge in [-0.25, -0.2) is 0 Å². The molecule has 0 saturated carbocycles. The minimum Gasteiger partial charge on any atom is -0.294 e. The molecular formula is C16H19ClN2O. The largest absolute Gasteiger partial charge is 0.294 e. The Morgan fingerprint density at radius 1 is 1.20 bits per heavy atom. The van der Waals surface area contributed by atoms with Crippen LogP contribution in [0.2, 0.25) is 5.02 Å². The maximum absolute atomic E-state index is 11.8. The molecule has 0 radical (unpaired) electrons. The molecule has 0 bridgehead atoms. The molecule has 0 aliphatic rings. The molecule has 1 aromatic carbocycles. The third kappa shape index (κ3) is 2.93. The average Bonchev–Trinajstić information content (AvgIpc) is 2.79. The molecule has 0 aliphatic heterocycles. The smallest absolute Gasteiger partial charge is 0.163 e. The first-order valence-corrected chi connectivity index (χ1v) is 7.28. The van der Waals surface area contributed by atoms with Gasteiger partial charge in [-0.3, -0.25) is 9.48 Å². The van der Waals surface area contributed by atoms with E-state index >= 15 is 0 Å². The molecule has 0 saturated heterocycles. The van der Waals surface area contributed by atoms with Gasteiger partial charge < -0.3 is 0 Å². The van der Waals surface area contributed by atoms with Crippen LogP contribution < -0.4 is 0 Å². The summed E-state index contributed by atoms with van der Waals surface area (Å²) in [5, 5.41) is 5.33. The lowest BCUT2D eigenvalue weighted by Gasteiger charge is -2.07. The highest BCUT2D eigenvalue weighted by Gasteiger charge is 2.18. The fourth-order valence-corrected chi connectivity index (χ4v) is 2.58. The monoisotopic (exact) mass is 290 g/mol. The Bertz CT molecular complexity index is 614. The van der Waals surface area contributed by atoms with E-state index in [1.54, 1.807) is 6.92 Å². The number of hydrogen-bond donors (Lipinski definition) is 0. The Kier molecular flexibility index (Phi) is 4.61. The van der Waals surface area contributed by atoms with Crippen LogP contribution in [0.4, 0.5) is 0 Å². The first-order valence-electron chi connectivity index (χ1n) is 6.90. The number of aryl methyl sites for hydroxylation is 1. The highest BCUT2D eigenvalue weighted by Crippen LogP contribution is 2.19. The van der Waals surface area contributed by atoms with Crippen LogP contribution in [0.1, 0.15) is 48.1 Å². The van der Waals surface area contributed by atoms with Crippen molar-refractivity contribution in [2.75, 3.05) is 0 Å². The number of carbonyl (C=O) groups excluding carboxylic acids is 1. The summed E-state index contributed by atoms with van der Waals surface area (Å²) in [6.07, 6.45) is 1.57. The maximum Gasteiger partial charge on any atom is 0.163 e. The van der Waals surface area contributed by atoms with Crippen molar-refractivity contribution in [2.45, 2.75) is 40.2 Å². The number of rotatable bonds is 5. The number of ketones is 1. The Labute approximate surface area is 124 Å². The minimum absolute atomic E-state index is 0.0982. The van der Waals surface area contributed by atoms with Crippen molar-refractivity contribution >= 4 is 17.4 Å². The van der Waals surface area contributed by atoms with Crippen LogP contribution in [0.3, 0.4) is 0 Å². The number of carbonyl (C=O) groups is 1. The van der Waals surface area contributed by atoms with Crippen molar-refractivity contribution < 1.29 is 4.79 Å². The highest BCUT2D eigenvalue weighted by atomic mass is 35.5. The Morgan fingerprint density at radius 3 is 2.35 bits per heavy atom. The SMILES string of the molecule is CCc1nn(Cc2ccc(Cl)cc2)c(CC)c1C(C)=O. The van der Waals surface area contributed by atoms with E-state index in [0.717, 1.165) is 40.4 Å². The molecule has 0 N–H and O–H groups in total. The van der Waals surface area contributed by atoms with E-state index in [4.69, 9.17) is 11.6 Å². The van der Waals surface area contributed by atoms with E-state index in [1.807, 2.05) is 35.9 Å². The Hall–Kier alpha value is -1.61. The van der Waals surface area contributed by atoms with Gasteiger partial charge in [0.2, 0.25) is 0 Å². The number of nitrogens with zero attached hydrogens (tertiary/aromatic N) is 2. The van der Waals surface area contributed by atoms with Gasteiger partial charge in [-0.1, -0.05) is 37.6 Å². The first kappa shape index (κ1) is 14.8. The van der Waals surface area contributed by atoms with Crippen molar-refractivity contribution in [1.29, 1.82) is 0 Å². The zero-order chi connectivity index (χ0) is 14.7. The topological polar surface area (TPSA) is 34.9 Å². The number of hydrogen-bond acceptors (Lipinski definition) is 2. The lowest BCUT2D eigenvalue weighted by molar-refractivity contribution is 0.101. The van der Waals surface area contributed by atoms with Crippen molar-refractivity contribution in [2.24, 2.45) is 0 Å². The summed E-state index contributed by atoms with van der Waals surface area (Å²) in [5.41, 5.74) is 3.83. The standard InChI is InChI=1S/C16H19ClN2O/c1-4-14-16(11(3)20)15(5-2)19(18-14)10-12-6-8-13(17)9-7-12/h6-9H,4-5,10H2,1-3H3. The maximum atomic E-state index is 11.8. The Balaban J connectivity index is 2.41. The van der Waals surface area contributed by atoms with Crippen LogP contribution in [0.15, 0.2) is 24.3 Å². The van der Waals surface area contributed by atoms with Crippen molar-refractivity contribution in [3.8, 4) is 0 Å². The van der Waals surface area contributed by atoms with Crippen LogP contribution >= 0.6 is 11.6 Å². The van der Waals surface area contributed by atoms with Crippen LogP contribution in [0.25, 0.3) is 0 Å². The van der Waals surface area contributed by atoms with Crippen LogP contribution in [-0.4, -0.2) is 15.6 Å². The van der Waals surface area contributed by atoms with Gasteiger partial charge in [-0.15, -0.1) is 0 Å². The van der Waals surface area contributed by atoms with E-state index in [-0.39, 0.29) is 5.78 Å². The molecule has 1 heterocycles. The number of benzene rings is 1. The van der Waals surface area contributed by atoms with Gasteiger partial charge in [-0.2, -0.15) is 5.10 Å². The Morgan fingerprint density at radius 2 is 1.85 bits per heavy atom. The fraction of sp³-hybridized carbons (Fsp3) is 0.375. The lowest BCUT2D eigenvalue weighted by atomic mass is 10.1. The third-order valence-corrected chi connectivity index (χ3v) is 3.65. The molecule has 3 nitrogen and oxygen atoms in total. The van der Waals surface area contributed by atoms with E-state index in [1.165, 1.54) is 0 Å². The number of aromatic nitrogens is 2. The van der Waals surface area contributed by atoms with Gasteiger partial charge in [-0.05, 0) is 37.5 Å². The molecule has 0 atom stereocenters. The summed E-state index contributed by atoms with van der Waals surface area (Å²) in [5.74, 6) is 0.0982. The second kappa shape index (κ2) is 6.23. The average molecular weight is 291 g/mol. The zero-order valence-electron chi connectivity index (χ0n) is 12.1. The van der Waals surface area contributed by atoms with Crippen molar-refractivity contribution in [1.82, 2.24) is 9.78 Å². The van der Waals surface area contributed by atoms with E-state index < -0.39 is 0 Å². The molecular weight excluding hydrogens is 272 g/mol. The number of Topliss-reactive ketones (excluding diaryl/α,β-unsaturated/α-hetero) is 1. The van der Waals surface area contributed by atoms with Crippen molar-refractivity contribution in [3.63, 3.8) is 0 Å². The fourth-order valence-electron chi connectivity index (χ4n) is 2.46. The summed E-state index contributed by atoms with van der Waals surface area (Å²) < 4.78 is 1.94. The molecule has 2 aromatic rings. The first-order chi connectivity index (χ1) is 9.56. The van der Waals surface area contributed by atoms with E-state index in [0.29, 0.717) is 6.54 Å².